The van der Waals surface area contributed by atoms with Crippen LogP contribution < -0.4 is 0 Å². The number of nitrogens with zero attached hydrogens (tertiary/aromatic N) is 1. The third-order valence-corrected chi connectivity index (χ3v) is 4.72. The molecule has 1 amide bonds. The van der Waals surface area contributed by atoms with E-state index < -0.39 is 0 Å². The molecule has 1 saturated heterocycles. The van der Waals surface area contributed by atoms with Gasteiger partial charge in [0.15, 0.2) is 0 Å². The first-order valence-corrected chi connectivity index (χ1v) is 8.35. The number of halogens is 2. The summed E-state index contributed by atoms with van der Waals surface area (Å²) < 4.78 is 26.9. The van der Waals surface area contributed by atoms with E-state index in [9.17, 15) is 13.6 Å². The van der Waals surface area contributed by atoms with Crippen molar-refractivity contribution in [3.05, 3.63) is 70.8 Å². The lowest BCUT2D eigenvalue weighted by Gasteiger charge is -2.25. The summed E-state index contributed by atoms with van der Waals surface area (Å²) in [6, 6.07) is 11.1. The second-order valence-electron chi connectivity index (χ2n) is 6.46. The van der Waals surface area contributed by atoms with Crippen LogP contribution in [0.3, 0.4) is 0 Å². The number of carbonyl (C=O) groups is 1. The highest BCUT2D eigenvalue weighted by Gasteiger charge is 2.24. The summed E-state index contributed by atoms with van der Waals surface area (Å²) in [7, 11) is 0. The van der Waals surface area contributed by atoms with E-state index in [1.165, 1.54) is 18.2 Å². The van der Waals surface area contributed by atoms with Crippen molar-refractivity contribution in [2.24, 2.45) is 0 Å². The lowest BCUT2D eigenvalue weighted by atomic mass is 9.94. The number of benzene rings is 2. The fourth-order valence-corrected chi connectivity index (χ4v) is 3.24. The second-order valence-corrected chi connectivity index (χ2v) is 6.46. The topological polar surface area (TPSA) is 20.3 Å². The van der Waals surface area contributed by atoms with Gasteiger partial charge in [0.1, 0.15) is 11.6 Å². The van der Waals surface area contributed by atoms with E-state index in [0.29, 0.717) is 24.2 Å². The molecule has 0 unspecified atom stereocenters. The molecule has 2 nitrogen and oxygen atoms in total. The number of hydrogen-bond acceptors (Lipinski definition) is 1. The van der Waals surface area contributed by atoms with Crippen molar-refractivity contribution in [2.75, 3.05) is 13.1 Å². The van der Waals surface area contributed by atoms with Gasteiger partial charge in [-0.25, -0.2) is 8.78 Å². The largest absolute Gasteiger partial charge is 0.338 e. The molecule has 1 atom stereocenters. The Bertz CT molecular complexity index is 727. The van der Waals surface area contributed by atoms with Gasteiger partial charge in [-0.2, -0.15) is 0 Å². The first kappa shape index (κ1) is 16.6. The van der Waals surface area contributed by atoms with E-state index in [1.54, 1.807) is 36.1 Å². The smallest absolute Gasteiger partial charge is 0.253 e. The predicted molar refractivity (Wildman–Crippen MR) is 90.0 cm³/mol. The van der Waals surface area contributed by atoms with Crippen molar-refractivity contribution >= 4 is 5.91 Å². The predicted octanol–water partition coefficient (Wildman–Crippen LogP) is 4.68. The molecule has 0 aliphatic carbocycles. The zero-order valence-electron chi connectivity index (χ0n) is 13.8. The van der Waals surface area contributed by atoms with E-state index >= 15 is 0 Å². The molecule has 1 aliphatic rings. The molecule has 1 heterocycles. The number of carbonyl (C=O) groups excluding carboxylic acids is 1. The summed E-state index contributed by atoms with van der Waals surface area (Å²) in [5.41, 5.74) is 1.97. The molecule has 1 fully saturated rings. The van der Waals surface area contributed by atoms with Crippen molar-refractivity contribution in [2.45, 2.75) is 32.1 Å². The Hall–Kier alpha value is -2.23. The number of aryl methyl sites for hydroxylation is 1. The van der Waals surface area contributed by atoms with E-state index in [0.717, 1.165) is 24.8 Å². The van der Waals surface area contributed by atoms with Crippen molar-refractivity contribution < 1.29 is 13.6 Å². The van der Waals surface area contributed by atoms with Crippen molar-refractivity contribution in [1.29, 1.82) is 0 Å². The van der Waals surface area contributed by atoms with E-state index in [1.807, 2.05) is 0 Å². The molecule has 0 N–H and O–H groups in total. The normalized spacial score (nSPS) is 18.3. The maximum Gasteiger partial charge on any atom is 0.253 e. The van der Waals surface area contributed by atoms with Crippen LogP contribution in [-0.2, 0) is 0 Å². The highest BCUT2D eigenvalue weighted by molar-refractivity contribution is 5.94. The van der Waals surface area contributed by atoms with Crippen LogP contribution in [0.25, 0.3) is 0 Å². The quantitative estimate of drug-likeness (QED) is 0.783. The minimum absolute atomic E-state index is 0.136. The third-order valence-electron chi connectivity index (χ3n) is 4.72. The van der Waals surface area contributed by atoms with Gasteiger partial charge in [0.25, 0.3) is 5.91 Å². The molecule has 24 heavy (non-hydrogen) atoms. The van der Waals surface area contributed by atoms with Gasteiger partial charge in [0, 0.05) is 24.6 Å². The maximum atomic E-state index is 13.8. The number of likely N-dealkylation sites (tertiary alicyclic amines) is 1. The zero-order valence-corrected chi connectivity index (χ0v) is 13.8. The molecule has 0 aromatic heterocycles. The molecule has 2 aromatic carbocycles. The number of rotatable bonds is 2. The zero-order chi connectivity index (χ0) is 17.1. The van der Waals surface area contributed by atoms with Gasteiger partial charge in [-0.3, -0.25) is 4.79 Å². The lowest BCUT2D eigenvalue weighted by molar-refractivity contribution is 0.0754. The molecular weight excluding hydrogens is 308 g/mol. The summed E-state index contributed by atoms with van der Waals surface area (Å²) in [5, 5.41) is 0. The molecule has 0 saturated carbocycles. The Morgan fingerprint density at radius 2 is 1.83 bits per heavy atom. The average Bonchev–Trinajstić information content (AvgIpc) is 2.83. The minimum atomic E-state index is -0.356. The Morgan fingerprint density at radius 3 is 2.54 bits per heavy atom. The Morgan fingerprint density at radius 1 is 1.08 bits per heavy atom. The van der Waals surface area contributed by atoms with Gasteiger partial charge in [0.05, 0.1) is 0 Å². The van der Waals surface area contributed by atoms with Crippen LogP contribution in [0.15, 0.2) is 42.5 Å². The van der Waals surface area contributed by atoms with Crippen LogP contribution in [0.5, 0.6) is 0 Å². The fourth-order valence-electron chi connectivity index (χ4n) is 3.24. The van der Waals surface area contributed by atoms with Gasteiger partial charge in [0.2, 0.25) is 0 Å². The first-order valence-electron chi connectivity index (χ1n) is 8.35. The molecule has 1 aliphatic heterocycles. The standard InChI is InChI=1S/C20H21F2NO/c1-14-5-6-16(12-19(14)22)20(24)23-11-3-2-4-17(13-23)15-7-9-18(21)10-8-15/h5-10,12,17H,2-4,11,13H2,1H3/t17-/m0/s1. The van der Waals surface area contributed by atoms with Gasteiger partial charge in [-0.15, -0.1) is 0 Å². The molecule has 0 radical (unpaired) electrons. The van der Waals surface area contributed by atoms with Crippen molar-refractivity contribution in [3.8, 4) is 0 Å². The molecule has 126 valence electrons. The van der Waals surface area contributed by atoms with Crippen LogP contribution in [0.4, 0.5) is 8.78 Å². The Kier molecular flexibility index (Phi) is 4.93. The molecule has 0 bridgehead atoms. The number of amides is 1. The molecule has 3 rings (SSSR count). The summed E-state index contributed by atoms with van der Waals surface area (Å²) >= 11 is 0. The van der Waals surface area contributed by atoms with Crippen LogP contribution in [-0.4, -0.2) is 23.9 Å². The average molecular weight is 329 g/mol. The number of hydrogen-bond donors (Lipinski definition) is 0. The van der Waals surface area contributed by atoms with Crippen LogP contribution >= 0.6 is 0 Å². The monoisotopic (exact) mass is 329 g/mol. The molecule has 4 heteroatoms. The summed E-state index contributed by atoms with van der Waals surface area (Å²) in [5.74, 6) is -0.559. The second kappa shape index (κ2) is 7.12. The van der Waals surface area contributed by atoms with E-state index in [2.05, 4.69) is 0 Å². The molecule has 0 spiro atoms. The lowest BCUT2D eigenvalue weighted by Crippen LogP contribution is -2.34. The van der Waals surface area contributed by atoms with Gasteiger partial charge in [-0.05, 0) is 55.2 Å². The van der Waals surface area contributed by atoms with Gasteiger partial charge in [-0.1, -0.05) is 24.6 Å². The van der Waals surface area contributed by atoms with Crippen LogP contribution in [0.1, 0.15) is 46.7 Å². The summed E-state index contributed by atoms with van der Waals surface area (Å²) in [6.45, 7) is 2.94. The van der Waals surface area contributed by atoms with Gasteiger partial charge >= 0.3 is 0 Å². The summed E-state index contributed by atoms with van der Waals surface area (Å²) in [4.78, 5) is 14.5. The molecule has 2 aromatic rings. The fraction of sp³-hybridized carbons (Fsp3) is 0.350. The Labute approximate surface area is 141 Å². The maximum absolute atomic E-state index is 13.8. The van der Waals surface area contributed by atoms with Crippen LogP contribution in [0, 0.1) is 18.6 Å². The third kappa shape index (κ3) is 3.64. The van der Waals surface area contributed by atoms with Crippen molar-refractivity contribution in [1.82, 2.24) is 4.90 Å². The minimum Gasteiger partial charge on any atom is -0.338 e. The highest BCUT2D eigenvalue weighted by Crippen LogP contribution is 2.27. The Balaban J connectivity index is 1.80. The first-order chi connectivity index (χ1) is 11.5. The van der Waals surface area contributed by atoms with Gasteiger partial charge < -0.3 is 4.90 Å². The van der Waals surface area contributed by atoms with Crippen LogP contribution in [0.2, 0.25) is 0 Å². The SMILES string of the molecule is Cc1ccc(C(=O)N2CCCC[C@H](c3ccc(F)cc3)C2)cc1F. The molecular formula is C20H21F2NO. The van der Waals surface area contributed by atoms with Crippen molar-refractivity contribution in [3.63, 3.8) is 0 Å². The highest BCUT2D eigenvalue weighted by atomic mass is 19.1. The van der Waals surface area contributed by atoms with E-state index in [-0.39, 0.29) is 23.5 Å². The summed E-state index contributed by atoms with van der Waals surface area (Å²) in [6.07, 6.45) is 2.92. The van der Waals surface area contributed by atoms with E-state index in [4.69, 9.17) is 0 Å².